The SMILES string of the molecule is C[C@@H]1CC[C@H]2[C@@H](C)CO[C@H]3O[C@@]4(C)CC[C@@H]1[C@@]32OO4. The molecule has 2 bridgehead atoms. The van der Waals surface area contributed by atoms with E-state index in [9.17, 15) is 0 Å². The molecule has 5 aliphatic rings. The molecule has 1 aliphatic carbocycles. The lowest BCUT2D eigenvalue weighted by atomic mass is 9.58. The zero-order chi connectivity index (χ0) is 13.3. The molecule has 0 unspecified atom stereocenters. The summed E-state index contributed by atoms with van der Waals surface area (Å²) in [6.45, 7) is 7.36. The van der Waals surface area contributed by atoms with E-state index in [1.165, 1.54) is 12.8 Å². The summed E-state index contributed by atoms with van der Waals surface area (Å²) in [5.74, 6) is 1.53. The molecule has 0 aromatic carbocycles. The summed E-state index contributed by atoms with van der Waals surface area (Å²) in [7, 11) is 0. The maximum Gasteiger partial charge on any atom is 0.201 e. The molecule has 1 saturated carbocycles. The molecule has 0 amide bonds. The van der Waals surface area contributed by atoms with Gasteiger partial charge in [0.25, 0.3) is 0 Å². The van der Waals surface area contributed by atoms with Gasteiger partial charge in [-0.25, -0.2) is 9.78 Å². The minimum atomic E-state index is -0.627. The fourth-order valence-electron chi connectivity index (χ4n) is 4.88. The largest absolute Gasteiger partial charge is 0.349 e. The predicted octanol–water partition coefficient (Wildman–Crippen LogP) is 2.87. The molecule has 19 heavy (non-hydrogen) atoms. The first kappa shape index (κ1) is 12.6. The lowest BCUT2D eigenvalue weighted by Gasteiger charge is -2.58. The van der Waals surface area contributed by atoms with Crippen LogP contribution >= 0.6 is 0 Å². The molecular formula is C15H24O4. The van der Waals surface area contributed by atoms with Crippen LogP contribution in [-0.2, 0) is 19.2 Å². The van der Waals surface area contributed by atoms with Crippen molar-refractivity contribution in [2.45, 2.75) is 64.1 Å². The van der Waals surface area contributed by atoms with Crippen LogP contribution < -0.4 is 0 Å². The average molecular weight is 268 g/mol. The van der Waals surface area contributed by atoms with Crippen molar-refractivity contribution in [3.63, 3.8) is 0 Å². The smallest absolute Gasteiger partial charge is 0.201 e. The summed E-state index contributed by atoms with van der Waals surface area (Å²) in [6.07, 6.45) is 4.24. The predicted molar refractivity (Wildman–Crippen MR) is 67.9 cm³/mol. The van der Waals surface area contributed by atoms with Crippen LogP contribution in [0.4, 0.5) is 0 Å². The molecular weight excluding hydrogens is 244 g/mol. The Kier molecular flexibility index (Phi) is 2.61. The van der Waals surface area contributed by atoms with Gasteiger partial charge in [-0.2, -0.15) is 0 Å². The van der Waals surface area contributed by atoms with Crippen LogP contribution in [0.15, 0.2) is 0 Å². The van der Waals surface area contributed by atoms with Gasteiger partial charge >= 0.3 is 0 Å². The van der Waals surface area contributed by atoms with E-state index in [4.69, 9.17) is 19.2 Å². The molecule has 4 saturated heterocycles. The van der Waals surface area contributed by atoms with Crippen molar-refractivity contribution in [3.05, 3.63) is 0 Å². The Balaban J connectivity index is 1.81. The lowest BCUT2D eigenvalue weighted by Crippen LogP contribution is -2.68. The minimum absolute atomic E-state index is 0.248. The van der Waals surface area contributed by atoms with E-state index in [1.54, 1.807) is 0 Å². The number of rotatable bonds is 0. The van der Waals surface area contributed by atoms with Crippen LogP contribution in [0.3, 0.4) is 0 Å². The van der Waals surface area contributed by atoms with Crippen LogP contribution in [0, 0.1) is 23.7 Å². The van der Waals surface area contributed by atoms with Crippen molar-refractivity contribution < 1.29 is 19.2 Å². The van der Waals surface area contributed by atoms with Gasteiger partial charge in [-0.15, -0.1) is 0 Å². The summed E-state index contributed by atoms with van der Waals surface area (Å²) in [6, 6.07) is 0. The van der Waals surface area contributed by atoms with Gasteiger partial charge in [0.1, 0.15) is 0 Å². The first-order valence-electron chi connectivity index (χ1n) is 7.71. The Morgan fingerprint density at radius 2 is 1.74 bits per heavy atom. The number of hydrogen-bond acceptors (Lipinski definition) is 4. The Morgan fingerprint density at radius 3 is 2.58 bits per heavy atom. The summed E-state index contributed by atoms with van der Waals surface area (Å²) >= 11 is 0. The van der Waals surface area contributed by atoms with E-state index in [0.29, 0.717) is 23.7 Å². The highest BCUT2D eigenvalue weighted by Crippen LogP contribution is 2.59. The van der Waals surface area contributed by atoms with E-state index in [0.717, 1.165) is 19.4 Å². The molecule has 4 heteroatoms. The van der Waals surface area contributed by atoms with Crippen molar-refractivity contribution in [3.8, 4) is 0 Å². The maximum atomic E-state index is 6.16. The molecule has 4 nitrogen and oxygen atoms in total. The fraction of sp³-hybridized carbons (Fsp3) is 1.00. The monoisotopic (exact) mass is 268 g/mol. The third kappa shape index (κ3) is 1.54. The molecule has 7 atom stereocenters. The molecule has 108 valence electrons. The topological polar surface area (TPSA) is 36.9 Å². The fourth-order valence-corrected chi connectivity index (χ4v) is 4.88. The summed E-state index contributed by atoms with van der Waals surface area (Å²) in [5.41, 5.74) is -0.370. The van der Waals surface area contributed by atoms with Crippen LogP contribution in [0.25, 0.3) is 0 Å². The van der Waals surface area contributed by atoms with Crippen molar-refractivity contribution in [2.75, 3.05) is 6.61 Å². The molecule has 5 rings (SSSR count). The zero-order valence-electron chi connectivity index (χ0n) is 12.1. The van der Waals surface area contributed by atoms with Gasteiger partial charge < -0.3 is 9.47 Å². The maximum absolute atomic E-state index is 6.16. The molecule has 0 radical (unpaired) electrons. The number of ether oxygens (including phenoxy) is 2. The summed E-state index contributed by atoms with van der Waals surface area (Å²) < 4.78 is 12.2. The molecule has 5 fully saturated rings. The van der Waals surface area contributed by atoms with Crippen LogP contribution in [0.5, 0.6) is 0 Å². The average Bonchev–Trinajstić information content (AvgIpc) is 2.61. The highest BCUT2D eigenvalue weighted by molar-refractivity contribution is 5.08. The third-order valence-electron chi connectivity index (χ3n) is 5.97. The second-order valence-corrected chi connectivity index (χ2v) is 7.22. The summed E-state index contributed by atoms with van der Waals surface area (Å²) in [4.78, 5) is 11.7. The van der Waals surface area contributed by atoms with Gasteiger partial charge in [0.15, 0.2) is 11.9 Å². The second kappa shape index (κ2) is 3.94. The van der Waals surface area contributed by atoms with E-state index in [2.05, 4.69) is 13.8 Å². The standard InChI is InChI=1S/C15H24O4/c1-9-4-5-11-10(2)8-16-13-15(11)12(9)6-7-14(3,17-13)18-19-15/h9-13H,4-8H2,1-3H3/t9-,10+,11+,12+,13+,14-,15-/m1/s1. The molecule has 0 aromatic rings. The highest BCUT2D eigenvalue weighted by atomic mass is 17.3. The second-order valence-electron chi connectivity index (χ2n) is 7.22. The molecule has 0 aromatic heterocycles. The van der Waals surface area contributed by atoms with E-state index in [1.807, 2.05) is 6.92 Å². The van der Waals surface area contributed by atoms with Gasteiger partial charge in [0.2, 0.25) is 5.79 Å². The minimum Gasteiger partial charge on any atom is -0.349 e. The van der Waals surface area contributed by atoms with Crippen molar-refractivity contribution >= 4 is 0 Å². The quantitative estimate of drug-likeness (QED) is 0.633. The first-order chi connectivity index (χ1) is 9.05. The van der Waals surface area contributed by atoms with Gasteiger partial charge in [-0.1, -0.05) is 13.8 Å². The van der Waals surface area contributed by atoms with Gasteiger partial charge in [-0.3, -0.25) is 0 Å². The molecule has 4 aliphatic heterocycles. The Bertz CT molecular complexity index is 386. The van der Waals surface area contributed by atoms with Crippen molar-refractivity contribution in [1.29, 1.82) is 0 Å². The van der Waals surface area contributed by atoms with E-state index >= 15 is 0 Å². The van der Waals surface area contributed by atoms with Crippen LogP contribution in [0.2, 0.25) is 0 Å². The first-order valence-corrected chi connectivity index (χ1v) is 7.71. The molecule has 0 N–H and O–H groups in total. The number of fused-ring (bicyclic) bond motifs is 2. The normalized spacial score (nSPS) is 60.5. The van der Waals surface area contributed by atoms with E-state index < -0.39 is 5.79 Å². The molecule has 4 heterocycles. The van der Waals surface area contributed by atoms with Crippen molar-refractivity contribution in [2.24, 2.45) is 23.7 Å². The Morgan fingerprint density at radius 1 is 0.947 bits per heavy atom. The lowest BCUT2D eigenvalue weighted by molar-refractivity contribution is -0.566. The van der Waals surface area contributed by atoms with Gasteiger partial charge in [-0.05, 0) is 43.9 Å². The van der Waals surface area contributed by atoms with Crippen LogP contribution in [-0.4, -0.2) is 24.3 Å². The Hall–Kier alpha value is -0.160. The van der Waals surface area contributed by atoms with E-state index in [-0.39, 0.29) is 11.9 Å². The van der Waals surface area contributed by atoms with Crippen molar-refractivity contribution in [1.82, 2.24) is 0 Å². The van der Waals surface area contributed by atoms with Gasteiger partial charge in [0, 0.05) is 12.3 Å². The Labute approximate surface area is 114 Å². The highest BCUT2D eigenvalue weighted by Gasteiger charge is 2.67. The van der Waals surface area contributed by atoms with Gasteiger partial charge in [0.05, 0.1) is 6.61 Å². The third-order valence-corrected chi connectivity index (χ3v) is 5.97. The zero-order valence-corrected chi connectivity index (χ0v) is 12.1. The summed E-state index contributed by atoms with van der Waals surface area (Å²) in [5, 5.41) is 0. The molecule has 1 spiro atoms. The number of hydrogen-bond donors (Lipinski definition) is 0. The van der Waals surface area contributed by atoms with Crippen LogP contribution in [0.1, 0.15) is 46.5 Å².